The molecule has 0 saturated heterocycles. The van der Waals surface area contributed by atoms with E-state index in [1.54, 1.807) is 6.92 Å². The number of amides is 1. The van der Waals surface area contributed by atoms with Gasteiger partial charge in [-0.3, -0.25) is 4.79 Å². The van der Waals surface area contributed by atoms with Crippen LogP contribution in [0.4, 0.5) is 10.8 Å². The van der Waals surface area contributed by atoms with Gasteiger partial charge in [0.25, 0.3) is 0 Å². The fourth-order valence-corrected chi connectivity index (χ4v) is 5.11. The summed E-state index contributed by atoms with van der Waals surface area (Å²) in [6.45, 7) is 8.01. The lowest BCUT2D eigenvalue weighted by Crippen LogP contribution is -2.26. The van der Waals surface area contributed by atoms with Gasteiger partial charge in [0.1, 0.15) is 17.6 Å². The van der Waals surface area contributed by atoms with Crippen LogP contribution in [0.2, 0.25) is 5.02 Å². The highest BCUT2D eigenvalue weighted by Crippen LogP contribution is 2.44. The number of thiophene rings is 1. The highest BCUT2D eigenvalue weighted by Gasteiger charge is 2.32. The van der Waals surface area contributed by atoms with Crippen LogP contribution in [0.1, 0.15) is 48.9 Å². The van der Waals surface area contributed by atoms with Crippen molar-refractivity contribution in [2.24, 2.45) is 11.3 Å². The molecule has 2 aromatic heterocycles. The summed E-state index contributed by atoms with van der Waals surface area (Å²) in [5.41, 5.74) is 2.07. The van der Waals surface area contributed by atoms with Gasteiger partial charge < -0.3 is 15.4 Å². The SMILES string of the molecule is Cc1c(Cl)c([N+](=O)[O-])nn1CC(=O)Nc1sc2c(c1C#N)CCC(C(C)(C)C)C2. The van der Waals surface area contributed by atoms with Gasteiger partial charge in [-0.1, -0.05) is 32.4 Å². The van der Waals surface area contributed by atoms with Crippen LogP contribution in [0.5, 0.6) is 0 Å². The van der Waals surface area contributed by atoms with E-state index in [1.165, 1.54) is 16.0 Å². The number of anilines is 1. The number of nitrogens with zero attached hydrogens (tertiary/aromatic N) is 4. The van der Waals surface area contributed by atoms with Crippen LogP contribution < -0.4 is 5.32 Å². The zero-order valence-electron chi connectivity index (χ0n) is 16.7. The number of nitro groups is 1. The summed E-state index contributed by atoms with van der Waals surface area (Å²) in [7, 11) is 0. The average molecular weight is 436 g/mol. The van der Waals surface area contributed by atoms with Crippen molar-refractivity contribution in [3.63, 3.8) is 0 Å². The Morgan fingerprint density at radius 3 is 2.76 bits per heavy atom. The van der Waals surface area contributed by atoms with Gasteiger partial charge in [-0.25, -0.2) is 0 Å². The Morgan fingerprint density at radius 1 is 1.52 bits per heavy atom. The van der Waals surface area contributed by atoms with E-state index in [0.717, 1.165) is 29.7 Å². The molecule has 3 rings (SSSR count). The number of nitriles is 1. The lowest BCUT2D eigenvalue weighted by Gasteiger charge is -2.33. The lowest BCUT2D eigenvalue weighted by atomic mass is 9.72. The predicted octanol–water partition coefficient (Wildman–Crippen LogP) is 4.48. The number of carbonyl (C=O) groups is 1. The van der Waals surface area contributed by atoms with E-state index < -0.39 is 16.6 Å². The fraction of sp³-hybridized carbons (Fsp3) is 0.526. The first-order valence-electron chi connectivity index (χ1n) is 9.24. The van der Waals surface area contributed by atoms with E-state index in [4.69, 9.17) is 11.6 Å². The molecule has 1 atom stereocenters. The molecule has 1 amide bonds. The normalized spacial score (nSPS) is 16.2. The Kier molecular flexibility index (Phi) is 5.70. The maximum Gasteiger partial charge on any atom is 0.408 e. The molecule has 10 heteroatoms. The number of halogens is 1. The average Bonchev–Trinajstić information content (AvgIpc) is 3.11. The number of hydrogen-bond acceptors (Lipinski definition) is 6. The largest absolute Gasteiger partial charge is 0.408 e. The quantitative estimate of drug-likeness (QED) is 0.561. The zero-order chi connectivity index (χ0) is 21.5. The number of rotatable bonds is 4. The molecule has 8 nitrogen and oxygen atoms in total. The Balaban J connectivity index is 1.80. The summed E-state index contributed by atoms with van der Waals surface area (Å²) in [5, 5.41) is 27.6. The molecule has 0 aromatic carbocycles. The van der Waals surface area contributed by atoms with Crippen molar-refractivity contribution in [1.82, 2.24) is 9.78 Å². The highest BCUT2D eigenvalue weighted by molar-refractivity contribution is 7.16. The Morgan fingerprint density at radius 2 is 2.21 bits per heavy atom. The summed E-state index contributed by atoms with van der Waals surface area (Å²) in [6.07, 6.45) is 2.74. The van der Waals surface area contributed by atoms with Crippen LogP contribution in [0.3, 0.4) is 0 Å². The molecular weight excluding hydrogens is 414 g/mol. The smallest absolute Gasteiger partial charge is 0.358 e. The van der Waals surface area contributed by atoms with Gasteiger partial charge in [-0.2, -0.15) is 9.94 Å². The van der Waals surface area contributed by atoms with Crippen molar-refractivity contribution in [2.75, 3.05) is 5.32 Å². The van der Waals surface area contributed by atoms with Crippen molar-refractivity contribution in [3.8, 4) is 6.07 Å². The number of carbonyl (C=O) groups excluding carboxylic acids is 1. The standard InChI is InChI=1S/C19H22ClN5O3S/c1-10-16(20)17(25(27)28)23-24(10)9-15(26)22-18-13(8-21)12-6-5-11(19(2,3)4)7-14(12)29-18/h11H,5-7,9H2,1-4H3,(H,22,26). The van der Waals surface area contributed by atoms with Gasteiger partial charge in [0.2, 0.25) is 5.91 Å². The highest BCUT2D eigenvalue weighted by atomic mass is 35.5. The molecule has 154 valence electrons. The van der Waals surface area contributed by atoms with Crippen molar-refractivity contribution in [3.05, 3.63) is 36.8 Å². The molecule has 0 radical (unpaired) electrons. The minimum atomic E-state index is -0.684. The molecule has 1 N–H and O–H groups in total. The fourth-order valence-electron chi connectivity index (χ4n) is 3.61. The molecule has 2 heterocycles. The van der Waals surface area contributed by atoms with Crippen LogP contribution in [0.15, 0.2) is 0 Å². The third-order valence-corrected chi connectivity index (χ3v) is 7.05. The number of fused-ring (bicyclic) bond motifs is 1. The molecule has 0 spiro atoms. The molecule has 2 aromatic rings. The first kappa shape index (κ1) is 21.3. The van der Waals surface area contributed by atoms with Crippen LogP contribution >= 0.6 is 22.9 Å². The molecule has 0 fully saturated rings. The summed E-state index contributed by atoms with van der Waals surface area (Å²) in [5.74, 6) is -0.364. The minimum Gasteiger partial charge on any atom is -0.358 e. The molecule has 0 saturated carbocycles. The van der Waals surface area contributed by atoms with Gasteiger partial charge >= 0.3 is 5.82 Å². The van der Waals surface area contributed by atoms with Gasteiger partial charge in [0.05, 0.1) is 16.4 Å². The Labute approximate surface area is 177 Å². The first-order chi connectivity index (χ1) is 13.5. The van der Waals surface area contributed by atoms with Crippen molar-refractivity contribution in [1.29, 1.82) is 5.26 Å². The van der Waals surface area contributed by atoms with Gasteiger partial charge in [-0.05, 0) is 48.0 Å². The Bertz CT molecular complexity index is 1030. The van der Waals surface area contributed by atoms with Gasteiger partial charge in [0, 0.05) is 4.88 Å². The molecule has 1 aliphatic rings. The van der Waals surface area contributed by atoms with Crippen LogP contribution in [-0.4, -0.2) is 20.6 Å². The summed E-state index contributed by atoms with van der Waals surface area (Å²) >= 11 is 7.37. The molecule has 0 bridgehead atoms. The predicted molar refractivity (Wildman–Crippen MR) is 111 cm³/mol. The third-order valence-electron chi connectivity index (χ3n) is 5.44. The number of aromatic nitrogens is 2. The molecule has 0 aliphatic heterocycles. The first-order valence-corrected chi connectivity index (χ1v) is 10.4. The zero-order valence-corrected chi connectivity index (χ0v) is 18.3. The second-order valence-electron chi connectivity index (χ2n) is 8.31. The number of nitrogens with one attached hydrogen (secondary N) is 1. The van der Waals surface area contributed by atoms with Crippen LogP contribution in [0.25, 0.3) is 0 Å². The number of hydrogen-bond donors (Lipinski definition) is 1. The van der Waals surface area contributed by atoms with E-state index in [9.17, 15) is 20.2 Å². The van der Waals surface area contributed by atoms with Gasteiger partial charge in [-0.15, -0.1) is 11.3 Å². The lowest BCUT2D eigenvalue weighted by molar-refractivity contribution is -0.389. The Hall–Kier alpha value is -2.44. The summed E-state index contributed by atoms with van der Waals surface area (Å²) in [6, 6.07) is 2.23. The van der Waals surface area contributed by atoms with E-state index in [0.29, 0.717) is 22.2 Å². The van der Waals surface area contributed by atoms with Crippen molar-refractivity contribution in [2.45, 2.75) is 53.5 Å². The maximum absolute atomic E-state index is 12.5. The molecule has 29 heavy (non-hydrogen) atoms. The monoisotopic (exact) mass is 435 g/mol. The van der Waals surface area contributed by atoms with Gasteiger partial charge in [0.15, 0.2) is 5.02 Å². The third kappa shape index (κ3) is 4.14. The second-order valence-corrected chi connectivity index (χ2v) is 9.79. The minimum absolute atomic E-state index is 0.0830. The molecular formula is C19H22ClN5O3S. The van der Waals surface area contributed by atoms with Crippen molar-refractivity contribution < 1.29 is 9.72 Å². The summed E-state index contributed by atoms with van der Waals surface area (Å²) in [4.78, 5) is 24.0. The topological polar surface area (TPSA) is 114 Å². The van der Waals surface area contributed by atoms with Crippen LogP contribution in [-0.2, 0) is 24.2 Å². The van der Waals surface area contributed by atoms with Crippen molar-refractivity contribution >= 4 is 39.7 Å². The summed E-state index contributed by atoms with van der Waals surface area (Å²) < 4.78 is 1.20. The van der Waals surface area contributed by atoms with E-state index >= 15 is 0 Å². The maximum atomic E-state index is 12.5. The molecule has 1 aliphatic carbocycles. The van der Waals surface area contributed by atoms with E-state index in [1.807, 2.05) is 0 Å². The second kappa shape index (κ2) is 7.76. The van der Waals surface area contributed by atoms with Crippen LogP contribution in [0, 0.1) is 39.7 Å². The molecule has 1 unspecified atom stereocenters. The van der Waals surface area contributed by atoms with E-state index in [2.05, 4.69) is 37.3 Å². The van der Waals surface area contributed by atoms with E-state index in [-0.39, 0.29) is 17.0 Å².